The lowest BCUT2D eigenvalue weighted by atomic mass is 10.0. The van der Waals surface area contributed by atoms with Crippen molar-refractivity contribution in [3.05, 3.63) is 75.4 Å². The average Bonchev–Trinajstić information content (AvgIpc) is 2.66. The minimum atomic E-state index is -0.699. The van der Waals surface area contributed by atoms with Gasteiger partial charge in [-0.25, -0.2) is 14.0 Å². The summed E-state index contributed by atoms with van der Waals surface area (Å²) >= 11 is 0. The molecule has 1 heterocycles. The monoisotopic (exact) mass is 412 g/mol. The number of benzene rings is 2. The molecule has 0 unspecified atom stereocenters. The van der Waals surface area contributed by atoms with E-state index in [-0.39, 0.29) is 41.8 Å². The highest BCUT2D eigenvalue weighted by Gasteiger charge is 2.17. The van der Waals surface area contributed by atoms with Crippen LogP contribution in [0.25, 0.3) is 11.0 Å². The van der Waals surface area contributed by atoms with E-state index in [1.807, 2.05) is 0 Å². The third kappa shape index (κ3) is 5.11. The molecule has 156 valence electrons. The van der Waals surface area contributed by atoms with Crippen LogP contribution in [-0.2, 0) is 16.0 Å². The van der Waals surface area contributed by atoms with Crippen LogP contribution in [0.15, 0.2) is 51.7 Å². The van der Waals surface area contributed by atoms with Crippen molar-refractivity contribution in [3.8, 4) is 5.75 Å². The Kier molecular flexibility index (Phi) is 6.30. The first-order valence-electron chi connectivity index (χ1n) is 9.47. The number of esters is 2. The van der Waals surface area contributed by atoms with Crippen molar-refractivity contribution in [1.29, 1.82) is 0 Å². The summed E-state index contributed by atoms with van der Waals surface area (Å²) in [6, 6.07) is 9.47. The maximum absolute atomic E-state index is 13.1. The predicted molar refractivity (Wildman–Crippen MR) is 108 cm³/mol. The number of ether oxygens (including phenoxy) is 2. The van der Waals surface area contributed by atoms with Gasteiger partial charge in [-0.1, -0.05) is 0 Å². The van der Waals surface area contributed by atoms with E-state index in [1.165, 1.54) is 24.3 Å². The molecule has 0 spiro atoms. The maximum atomic E-state index is 13.1. The van der Waals surface area contributed by atoms with Crippen molar-refractivity contribution in [2.24, 2.45) is 0 Å². The number of carbonyl (C=O) groups is 2. The van der Waals surface area contributed by atoms with E-state index in [0.717, 1.165) is 12.1 Å². The Morgan fingerprint density at radius 3 is 2.47 bits per heavy atom. The van der Waals surface area contributed by atoms with Crippen LogP contribution in [0.2, 0.25) is 0 Å². The number of aryl methyl sites for hydroxylation is 2. The van der Waals surface area contributed by atoms with Gasteiger partial charge in [0, 0.05) is 23.9 Å². The van der Waals surface area contributed by atoms with Crippen LogP contribution in [0, 0.1) is 12.7 Å². The first-order chi connectivity index (χ1) is 14.2. The van der Waals surface area contributed by atoms with E-state index in [9.17, 15) is 18.8 Å². The largest absolute Gasteiger partial charge is 0.463 e. The lowest BCUT2D eigenvalue weighted by molar-refractivity contribution is -0.147. The first-order valence-corrected chi connectivity index (χ1v) is 9.47. The molecular weight excluding hydrogens is 391 g/mol. The van der Waals surface area contributed by atoms with Gasteiger partial charge in [-0.05, 0) is 68.7 Å². The van der Waals surface area contributed by atoms with Crippen molar-refractivity contribution in [3.63, 3.8) is 0 Å². The van der Waals surface area contributed by atoms with Crippen LogP contribution in [0.3, 0.4) is 0 Å². The number of rotatable bonds is 6. The van der Waals surface area contributed by atoms with Crippen LogP contribution in [0.5, 0.6) is 5.75 Å². The van der Waals surface area contributed by atoms with Crippen molar-refractivity contribution >= 4 is 22.9 Å². The zero-order chi connectivity index (χ0) is 21.8. The zero-order valence-electron chi connectivity index (χ0n) is 16.9. The predicted octanol–water partition coefficient (Wildman–Crippen LogP) is 4.34. The van der Waals surface area contributed by atoms with Crippen LogP contribution in [0.4, 0.5) is 4.39 Å². The Balaban J connectivity index is 1.96. The minimum absolute atomic E-state index is 0.0839. The molecule has 7 heteroatoms. The molecule has 0 saturated carbocycles. The number of halogens is 1. The SMILES string of the molecule is Cc1cc(=O)oc2cc(OC(=O)c3ccc(F)cc3)c(CCC(=O)OC(C)C)cc12. The highest BCUT2D eigenvalue weighted by atomic mass is 19.1. The Labute approximate surface area is 172 Å². The maximum Gasteiger partial charge on any atom is 0.343 e. The van der Waals surface area contributed by atoms with Crippen LogP contribution >= 0.6 is 0 Å². The minimum Gasteiger partial charge on any atom is -0.463 e. The molecule has 0 N–H and O–H groups in total. The summed E-state index contributed by atoms with van der Waals surface area (Å²) in [6.45, 7) is 5.28. The average molecular weight is 412 g/mol. The van der Waals surface area contributed by atoms with E-state index in [4.69, 9.17) is 13.9 Å². The first kappa shape index (κ1) is 21.2. The van der Waals surface area contributed by atoms with Gasteiger partial charge in [0.05, 0.1) is 11.7 Å². The summed E-state index contributed by atoms with van der Waals surface area (Å²) in [6.07, 6.45) is 0.105. The van der Waals surface area contributed by atoms with Gasteiger partial charge in [0.15, 0.2) is 0 Å². The van der Waals surface area contributed by atoms with Gasteiger partial charge in [0.1, 0.15) is 17.1 Å². The smallest absolute Gasteiger partial charge is 0.343 e. The third-order valence-electron chi connectivity index (χ3n) is 4.38. The van der Waals surface area contributed by atoms with Gasteiger partial charge < -0.3 is 13.9 Å². The molecule has 0 saturated heterocycles. The molecule has 0 bridgehead atoms. The summed E-state index contributed by atoms with van der Waals surface area (Å²) < 4.78 is 29.0. The summed E-state index contributed by atoms with van der Waals surface area (Å²) in [7, 11) is 0. The van der Waals surface area contributed by atoms with Gasteiger partial charge in [-0.15, -0.1) is 0 Å². The molecule has 0 amide bonds. The number of hydrogen-bond acceptors (Lipinski definition) is 6. The molecule has 0 aliphatic rings. The molecule has 0 aliphatic heterocycles. The van der Waals surface area contributed by atoms with E-state index in [0.29, 0.717) is 16.5 Å². The number of hydrogen-bond donors (Lipinski definition) is 0. The van der Waals surface area contributed by atoms with E-state index >= 15 is 0 Å². The lowest BCUT2D eigenvalue weighted by Gasteiger charge is -2.13. The van der Waals surface area contributed by atoms with Crippen molar-refractivity contribution in [2.45, 2.75) is 39.7 Å². The third-order valence-corrected chi connectivity index (χ3v) is 4.38. The molecule has 30 heavy (non-hydrogen) atoms. The Morgan fingerprint density at radius 2 is 1.80 bits per heavy atom. The molecule has 0 aliphatic carbocycles. The molecule has 0 fully saturated rings. The van der Waals surface area contributed by atoms with Crippen LogP contribution < -0.4 is 10.4 Å². The molecule has 3 rings (SSSR count). The van der Waals surface area contributed by atoms with E-state index < -0.39 is 17.4 Å². The van der Waals surface area contributed by atoms with E-state index in [2.05, 4.69) is 0 Å². The van der Waals surface area contributed by atoms with Gasteiger partial charge in [0.2, 0.25) is 0 Å². The quantitative estimate of drug-likeness (QED) is 0.340. The lowest BCUT2D eigenvalue weighted by Crippen LogP contribution is -2.13. The number of fused-ring (bicyclic) bond motifs is 1. The fourth-order valence-corrected chi connectivity index (χ4v) is 2.98. The second-order valence-corrected chi connectivity index (χ2v) is 7.14. The molecule has 2 aromatic carbocycles. The zero-order valence-corrected chi connectivity index (χ0v) is 16.9. The summed E-state index contributed by atoms with van der Waals surface area (Å²) in [5.41, 5.74) is 1.17. The molecule has 0 atom stereocenters. The van der Waals surface area contributed by atoms with Crippen LogP contribution in [0.1, 0.15) is 41.8 Å². The molecular formula is C23H21FO6. The van der Waals surface area contributed by atoms with Gasteiger partial charge in [-0.2, -0.15) is 0 Å². The Hall–Kier alpha value is -3.48. The summed E-state index contributed by atoms with van der Waals surface area (Å²) in [5, 5.41) is 0.670. The number of carbonyl (C=O) groups excluding carboxylic acids is 2. The van der Waals surface area contributed by atoms with Crippen molar-refractivity contribution in [2.75, 3.05) is 0 Å². The van der Waals surface area contributed by atoms with Gasteiger partial charge >= 0.3 is 17.6 Å². The Bertz CT molecular complexity index is 1140. The molecule has 1 aromatic heterocycles. The van der Waals surface area contributed by atoms with Crippen LogP contribution in [-0.4, -0.2) is 18.0 Å². The highest BCUT2D eigenvalue weighted by molar-refractivity contribution is 5.92. The Morgan fingerprint density at radius 1 is 1.10 bits per heavy atom. The van der Waals surface area contributed by atoms with Crippen molar-refractivity contribution in [1.82, 2.24) is 0 Å². The fraction of sp³-hybridized carbons (Fsp3) is 0.261. The normalized spacial score (nSPS) is 11.0. The molecule has 0 radical (unpaired) electrons. The molecule has 6 nitrogen and oxygen atoms in total. The standard InChI is InChI=1S/C23H21FO6/c1-13(2)28-21(25)9-6-16-11-18-14(3)10-22(26)29-20(18)12-19(16)30-23(27)15-4-7-17(24)8-5-15/h4-5,7-8,10-13H,6,9H2,1-3H3. The van der Waals surface area contributed by atoms with Gasteiger partial charge in [0.25, 0.3) is 0 Å². The second kappa shape index (κ2) is 8.90. The topological polar surface area (TPSA) is 82.8 Å². The van der Waals surface area contributed by atoms with Gasteiger partial charge in [-0.3, -0.25) is 4.79 Å². The second-order valence-electron chi connectivity index (χ2n) is 7.14. The van der Waals surface area contributed by atoms with E-state index in [1.54, 1.807) is 26.8 Å². The van der Waals surface area contributed by atoms with Crippen molar-refractivity contribution < 1.29 is 27.9 Å². The molecule has 3 aromatic rings. The summed E-state index contributed by atoms with van der Waals surface area (Å²) in [5.74, 6) is -1.39. The highest BCUT2D eigenvalue weighted by Crippen LogP contribution is 2.29. The fourth-order valence-electron chi connectivity index (χ4n) is 2.98. The summed E-state index contributed by atoms with van der Waals surface area (Å²) in [4.78, 5) is 36.2.